The molecular formula is C26H23N5O3. The molecule has 170 valence electrons. The number of carbonyl (C=O) groups is 2. The molecule has 2 aliphatic rings. The molecule has 2 aliphatic heterocycles. The Balaban J connectivity index is 1.52. The molecule has 0 spiro atoms. The predicted octanol–water partition coefficient (Wildman–Crippen LogP) is 3.62. The van der Waals surface area contributed by atoms with Gasteiger partial charge in [0, 0.05) is 31.0 Å². The molecule has 0 bridgehead atoms. The lowest BCUT2D eigenvalue weighted by atomic mass is 9.93. The maximum atomic E-state index is 13.8. The first kappa shape index (κ1) is 20.4. The molecule has 1 aromatic carbocycles. The van der Waals surface area contributed by atoms with Crippen molar-refractivity contribution in [1.82, 2.24) is 24.5 Å². The van der Waals surface area contributed by atoms with E-state index in [-0.39, 0.29) is 11.8 Å². The van der Waals surface area contributed by atoms with Crippen LogP contribution in [0.5, 0.6) is 0 Å². The molecule has 0 aliphatic carbocycles. The van der Waals surface area contributed by atoms with Gasteiger partial charge in [-0.05, 0) is 37.6 Å². The Labute approximate surface area is 196 Å². The summed E-state index contributed by atoms with van der Waals surface area (Å²) < 4.78 is 7.01. The number of pyridine rings is 1. The van der Waals surface area contributed by atoms with Gasteiger partial charge in [-0.3, -0.25) is 14.6 Å². The van der Waals surface area contributed by atoms with Crippen LogP contribution in [0.15, 0.2) is 71.7 Å². The number of benzene rings is 1. The van der Waals surface area contributed by atoms with Gasteiger partial charge in [0.25, 0.3) is 11.8 Å². The zero-order chi connectivity index (χ0) is 23.4. The van der Waals surface area contributed by atoms with Gasteiger partial charge in [-0.2, -0.15) is 0 Å². The van der Waals surface area contributed by atoms with Gasteiger partial charge in [0.15, 0.2) is 5.66 Å². The second-order valence-corrected chi connectivity index (χ2v) is 8.87. The molecule has 6 rings (SSSR count). The van der Waals surface area contributed by atoms with Crippen LogP contribution in [-0.2, 0) is 12.2 Å². The van der Waals surface area contributed by atoms with Crippen LogP contribution in [0.1, 0.15) is 37.7 Å². The standard InChI is InChI=1S/C26H23N5O3/c1-17-6-8-20(9-7-17)26-16-29-14-19(22-5-3-4-10-27-22)13-23(29)25(33)31(26)12-11-30(26)24(32)21-15-34-28-18(21)2/h3-10,13-15H,11-12,16H2,1-2H3. The van der Waals surface area contributed by atoms with Crippen molar-refractivity contribution >= 4 is 11.8 Å². The molecule has 3 aromatic heterocycles. The molecule has 4 aromatic rings. The molecule has 8 nitrogen and oxygen atoms in total. The summed E-state index contributed by atoms with van der Waals surface area (Å²) in [5.74, 6) is -0.304. The van der Waals surface area contributed by atoms with Gasteiger partial charge < -0.3 is 18.9 Å². The molecule has 0 radical (unpaired) electrons. The summed E-state index contributed by atoms with van der Waals surface area (Å²) >= 11 is 0. The van der Waals surface area contributed by atoms with Gasteiger partial charge in [0.2, 0.25) is 0 Å². The molecule has 8 heteroatoms. The average Bonchev–Trinajstić information content (AvgIpc) is 3.57. The van der Waals surface area contributed by atoms with Gasteiger partial charge in [-0.25, -0.2) is 0 Å². The molecule has 0 N–H and O–H groups in total. The summed E-state index contributed by atoms with van der Waals surface area (Å²) in [5, 5.41) is 3.89. The van der Waals surface area contributed by atoms with Crippen molar-refractivity contribution in [3.63, 3.8) is 0 Å². The summed E-state index contributed by atoms with van der Waals surface area (Å²) in [6.45, 7) is 5.04. The number of nitrogens with zero attached hydrogens (tertiary/aromatic N) is 5. The Morgan fingerprint density at radius 2 is 1.91 bits per heavy atom. The van der Waals surface area contributed by atoms with E-state index in [2.05, 4.69) is 10.1 Å². The third-order valence-electron chi connectivity index (χ3n) is 6.89. The summed E-state index contributed by atoms with van der Waals surface area (Å²) in [5.41, 5.74) is 4.25. The van der Waals surface area contributed by atoms with Crippen LogP contribution in [0.2, 0.25) is 0 Å². The molecule has 34 heavy (non-hydrogen) atoms. The molecule has 5 heterocycles. The lowest BCUT2D eigenvalue weighted by molar-refractivity contribution is -0.00596. The van der Waals surface area contributed by atoms with Crippen LogP contribution >= 0.6 is 0 Å². The maximum Gasteiger partial charge on any atom is 0.272 e. The summed E-state index contributed by atoms with van der Waals surface area (Å²) in [6, 6.07) is 15.7. The summed E-state index contributed by atoms with van der Waals surface area (Å²) in [7, 11) is 0. The monoisotopic (exact) mass is 453 g/mol. The lowest BCUT2D eigenvalue weighted by Crippen LogP contribution is -2.60. The van der Waals surface area contributed by atoms with Crippen LogP contribution in [0.3, 0.4) is 0 Å². The van der Waals surface area contributed by atoms with Gasteiger partial charge in [-0.1, -0.05) is 41.1 Å². The van der Waals surface area contributed by atoms with Crippen molar-refractivity contribution in [3.05, 3.63) is 95.3 Å². The first-order valence-electron chi connectivity index (χ1n) is 11.2. The Morgan fingerprint density at radius 1 is 1.09 bits per heavy atom. The highest BCUT2D eigenvalue weighted by atomic mass is 16.5. The first-order valence-corrected chi connectivity index (χ1v) is 11.2. The third kappa shape index (κ3) is 2.84. The van der Waals surface area contributed by atoms with Gasteiger partial charge in [-0.15, -0.1) is 0 Å². The van der Waals surface area contributed by atoms with E-state index < -0.39 is 5.66 Å². The SMILES string of the molecule is Cc1ccc(C23Cn4cc(-c5ccccn5)cc4C(=O)N2CCN3C(=O)c2conc2C)cc1. The van der Waals surface area contributed by atoms with E-state index in [4.69, 9.17) is 4.52 Å². The van der Waals surface area contributed by atoms with Gasteiger partial charge >= 0.3 is 0 Å². The number of amides is 2. The largest absolute Gasteiger partial charge is 0.364 e. The third-order valence-corrected chi connectivity index (χ3v) is 6.89. The lowest BCUT2D eigenvalue weighted by Gasteiger charge is -2.47. The molecule has 1 atom stereocenters. The van der Waals surface area contributed by atoms with Crippen molar-refractivity contribution in [3.8, 4) is 11.3 Å². The van der Waals surface area contributed by atoms with Crippen molar-refractivity contribution < 1.29 is 14.1 Å². The molecule has 0 saturated carbocycles. The quantitative estimate of drug-likeness (QED) is 0.473. The van der Waals surface area contributed by atoms with E-state index in [1.165, 1.54) is 6.26 Å². The van der Waals surface area contributed by atoms with Gasteiger partial charge in [0.05, 0.1) is 17.9 Å². The normalized spacial score (nSPS) is 19.3. The number of aromatic nitrogens is 3. The minimum atomic E-state index is -0.959. The number of carbonyl (C=O) groups excluding carboxylic acids is 2. The van der Waals surface area contributed by atoms with E-state index in [1.807, 2.05) is 71.1 Å². The Morgan fingerprint density at radius 3 is 2.62 bits per heavy atom. The smallest absolute Gasteiger partial charge is 0.272 e. The van der Waals surface area contributed by atoms with Crippen LogP contribution in [0.25, 0.3) is 11.3 Å². The fourth-order valence-corrected chi connectivity index (χ4v) is 5.16. The number of hydrogen-bond acceptors (Lipinski definition) is 5. The average molecular weight is 454 g/mol. The minimum Gasteiger partial charge on any atom is -0.364 e. The predicted molar refractivity (Wildman–Crippen MR) is 124 cm³/mol. The zero-order valence-corrected chi connectivity index (χ0v) is 18.9. The first-order chi connectivity index (χ1) is 16.5. The van der Waals surface area contributed by atoms with Crippen LogP contribution < -0.4 is 0 Å². The topological polar surface area (TPSA) is 84.5 Å². The minimum absolute atomic E-state index is 0.105. The number of fused-ring (bicyclic) bond motifs is 2. The second-order valence-electron chi connectivity index (χ2n) is 8.87. The van der Waals surface area contributed by atoms with Crippen LogP contribution in [0.4, 0.5) is 0 Å². The fourth-order valence-electron chi connectivity index (χ4n) is 5.16. The maximum absolute atomic E-state index is 13.8. The number of aryl methyl sites for hydroxylation is 2. The Bertz CT molecular complexity index is 1410. The van der Waals surface area contributed by atoms with Crippen molar-refractivity contribution in [2.45, 2.75) is 26.1 Å². The molecule has 1 fully saturated rings. The Kier molecular flexibility index (Phi) is 4.45. The van der Waals surface area contributed by atoms with Crippen molar-refractivity contribution in [2.24, 2.45) is 0 Å². The van der Waals surface area contributed by atoms with Crippen molar-refractivity contribution in [2.75, 3.05) is 13.1 Å². The molecule has 1 unspecified atom stereocenters. The number of rotatable bonds is 3. The highest BCUT2D eigenvalue weighted by Gasteiger charge is 2.56. The summed E-state index contributed by atoms with van der Waals surface area (Å²) in [6.07, 6.45) is 5.07. The molecule has 1 saturated heterocycles. The van der Waals surface area contributed by atoms with E-state index in [0.29, 0.717) is 36.6 Å². The van der Waals surface area contributed by atoms with E-state index in [0.717, 1.165) is 22.4 Å². The molecule has 2 amide bonds. The van der Waals surface area contributed by atoms with Crippen LogP contribution in [-0.4, -0.2) is 49.4 Å². The highest BCUT2D eigenvalue weighted by Crippen LogP contribution is 2.44. The van der Waals surface area contributed by atoms with Crippen LogP contribution in [0, 0.1) is 13.8 Å². The highest BCUT2D eigenvalue weighted by molar-refractivity contribution is 5.99. The van der Waals surface area contributed by atoms with E-state index >= 15 is 0 Å². The Hall–Kier alpha value is -4.20. The zero-order valence-electron chi connectivity index (χ0n) is 18.9. The van der Waals surface area contributed by atoms with E-state index in [9.17, 15) is 9.59 Å². The number of hydrogen-bond donors (Lipinski definition) is 0. The van der Waals surface area contributed by atoms with Crippen molar-refractivity contribution in [1.29, 1.82) is 0 Å². The van der Waals surface area contributed by atoms with E-state index in [1.54, 1.807) is 18.0 Å². The second kappa shape index (κ2) is 7.41. The van der Waals surface area contributed by atoms with Gasteiger partial charge in [0.1, 0.15) is 17.5 Å². The molecular weight excluding hydrogens is 430 g/mol. The summed E-state index contributed by atoms with van der Waals surface area (Å²) in [4.78, 5) is 35.6. The fraction of sp³-hybridized carbons (Fsp3) is 0.231.